The monoisotopic (exact) mass is 552 g/mol. The molecular weight excluding hydrogens is 540 g/mol. The highest BCUT2D eigenvalue weighted by Crippen LogP contribution is 2.66. The Bertz CT molecular complexity index is 1320. The molecule has 0 saturated carbocycles. The zero-order chi connectivity index (χ0) is 22.4. The summed E-state index contributed by atoms with van der Waals surface area (Å²) in [7, 11) is 0. The minimum Gasteiger partial charge on any atom is -0.274 e. The second kappa shape index (κ2) is 6.59. The van der Waals surface area contributed by atoms with Gasteiger partial charge in [-0.05, 0) is 44.3 Å². The van der Waals surface area contributed by atoms with Crippen molar-refractivity contribution in [2.24, 2.45) is 11.8 Å². The number of imide groups is 1. The lowest BCUT2D eigenvalue weighted by atomic mass is 9.55. The Hall–Kier alpha value is -2.84. The number of alkyl halides is 1. The second-order valence-electron chi connectivity index (χ2n) is 8.27. The third-order valence-corrected chi connectivity index (χ3v) is 8.88. The van der Waals surface area contributed by atoms with Gasteiger partial charge in [-0.2, -0.15) is 0 Å². The molecule has 3 aromatic rings. The quantitative estimate of drug-likeness (QED) is 0.188. The van der Waals surface area contributed by atoms with Crippen LogP contribution in [0.25, 0.3) is 0 Å². The van der Waals surface area contributed by atoms with Gasteiger partial charge in [-0.25, -0.2) is 4.90 Å². The van der Waals surface area contributed by atoms with Crippen molar-refractivity contribution in [1.29, 1.82) is 0 Å². The minimum absolute atomic E-state index is 0.117. The predicted octanol–water partition coefficient (Wildman–Crippen LogP) is 5.26. The zero-order valence-electron chi connectivity index (χ0n) is 16.4. The summed E-state index contributed by atoms with van der Waals surface area (Å²) in [6.07, 6.45) is 0. The summed E-state index contributed by atoms with van der Waals surface area (Å²) in [6, 6.07) is 20.0. The average Bonchev–Trinajstić information content (AvgIpc) is 3.06. The predicted molar refractivity (Wildman–Crippen MR) is 125 cm³/mol. The molecule has 2 amide bonds. The van der Waals surface area contributed by atoms with E-state index in [1.165, 1.54) is 23.1 Å². The lowest BCUT2D eigenvalue weighted by Crippen LogP contribution is -2.50. The van der Waals surface area contributed by atoms with Crippen LogP contribution in [0.3, 0.4) is 0 Å². The molecule has 0 unspecified atom stereocenters. The van der Waals surface area contributed by atoms with E-state index in [0.717, 1.165) is 22.3 Å². The third kappa shape index (κ3) is 2.29. The molecule has 0 spiro atoms. The van der Waals surface area contributed by atoms with Crippen molar-refractivity contribution < 1.29 is 14.5 Å². The van der Waals surface area contributed by atoms with Gasteiger partial charge in [0, 0.05) is 22.5 Å². The van der Waals surface area contributed by atoms with Crippen LogP contribution in [0.1, 0.15) is 28.2 Å². The SMILES string of the molecule is O=C1[C@H]2C3c4ccccc4C(Br)(c4ccccc43)[C@H]2C(=O)N1c1ccc([N+](=O)[O-])cc1Br. The molecule has 0 N–H and O–H groups in total. The van der Waals surface area contributed by atoms with Gasteiger partial charge in [0.15, 0.2) is 0 Å². The van der Waals surface area contributed by atoms with Gasteiger partial charge in [0.25, 0.3) is 5.69 Å². The first kappa shape index (κ1) is 19.8. The van der Waals surface area contributed by atoms with Gasteiger partial charge in [-0.15, -0.1) is 0 Å². The fourth-order valence-corrected chi connectivity index (χ4v) is 7.45. The molecule has 158 valence electrons. The van der Waals surface area contributed by atoms with Crippen molar-refractivity contribution >= 4 is 55.0 Å². The molecule has 0 aromatic heterocycles. The topological polar surface area (TPSA) is 80.5 Å². The molecule has 1 saturated heterocycles. The van der Waals surface area contributed by atoms with E-state index < -0.39 is 21.1 Å². The van der Waals surface area contributed by atoms with Gasteiger partial charge >= 0.3 is 0 Å². The van der Waals surface area contributed by atoms with Crippen molar-refractivity contribution in [3.05, 3.63) is 104 Å². The van der Waals surface area contributed by atoms with E-state index >= 15 is 0 Å². The van der Waals surface area contributed by atoms with E-state index in [2.05, 4.69) is 31.9 Å². The Morgan fingerprint density at radius 2 is 1.50 bits per heavy atom. The van der Waals surface area contributed by atoms with Crippen molar-refractivity contribution in [3.63, 3.8) is 0 Å². The number of carbonyl (C=O) groups excluding carboxylic acids is 2. The molecule has 6 nitrogen and oxygen atoms in total. The summed E-state index contributed by atoms with van der Waals surface area (Å²) in [5.41, 5.74) is 4.33. The molecule has 2 bridgehead atoms. The molecule has 3 aliphatic carbocycles. The Morgan fingerprint density at radius 1 is 0.906 bits per heavy atom. The molecule has 8 heteroatoms. The van der Waals surface area contributed by atoms with Crippen molar-refractivity contribution in [2.75, 3.05) is 4.90 Å². The Labute approximate surface area is 199 Å². The van der Waals surface area contributed by atoms with Crippen LogP contribution in [0.5, 0.6) is 0 Å². The number of nitro benzene ring substituents is 1. The molecular formula is C24H14Br2N2O4. The number of rotatable bonds is 2. The van der Waals surface area contributed by atoms with Gasteiger partial charge in [0.1, 0.15) is 0 Å². The summed E-state index contributed by atoms with van der Waals surface area (Å²) in [6.45, 7) is 0. The van der Waals surface area contributed by atoms with E-state index in [1.54, 1.807) is 0 Å². The molecule has 4 aliphatic rings. The molecule has 1 aliphatic heterocycles. The maximum absolute atomic E-state index is 13.9. The van der Waals surface area contributed by atoms with Crippen LogP contribution in [-0.4, -0.2) is 16.7 Å². The number of carbonyl (C=O) groups is 2. The maximum Gasteiger partial charge on any atom is 0.270 e. The molecule has 2 atom stereocenters. The lowest BCUT2D eigenvalue weighted by molar-refractivity contribution is -0.384. The number of halogens is 2. The van der Waals surface area contributed by atoms with E-state index in [4.69, 9.17) is 0 Å². The first-order chi connectivity index (χ1) is 15.4. The number of non-ortho nitro benzene ring substituents is 1. The van der Waals surface area contributed by atoms with E-state index in [0.29, 0.717) is 10.2 Å². The standard InChI is InChI=1S/C24H14Br2N2O4/c25-17-11-12(28(31)32)9-10-18(17)27-22(29)20-19-13-5-1-3-7-15(13)24(26,21(20)23(27)30)16-8-4-2-6-14(16)19/h1-11,19-21H/t19?,20-,21+,24?/m0/s1. The number of nitro groups is 1. The first-order valence-corrected chi connectivity index (χ1v) is 11.6. The van der Waals surface area contributed by atoms with E-state index in [-0.39, 0.29) is 23.4 Å². The van der Waals surface area contributed by atoms with E-state index in [9.17, 15) is 19.7 Å². The highest BCUT2D eigenvalue weighted by Gasteiger charge is 2.67. The fraction of sp³-hybridized carbons (Fsp3) is 0.167. The average molecular weight is 554 g/mol. The van der Waals surface area contributed by atoms with Crippen LogP contribution in [0, 0.1) is 22.0 Å². The molecule has 1 heterocycles. The third-order valence-electron chi connectivity index (χ3n) is 6.90. The van der Waals surface area contributed by atoms with Crippen molar-refractivity contribution in [2.45, 2.75) is 10.2 Å². The molecule has 1 fully saturated rings. The number of nitrogens with zero attached hydrogens (tertiary/aromatic N) is 2. The van der Waals surface area contributed by atoms with Crippen LogP contribution >= 0.6 is 31.9 Å². The second-order valence-corrected chi connectivity index (χ2v) is 10.4. The van der Waals surface area contributed by atoms with Gasteiger partial charge in [0.05, 0.1) is 26.8 Å². The van der Waals surface area contributed by atoms with Gasteiger partial charge in [0.2, 0.25) is 11.8 Å². The van der Waals surface area contributed by atoms with E-state index in [1.807, 2.05) is 48.5 Å². The Balaban J connectivity index is 1.57. The van der Waals surface area contributed by atoms with Crippen molar-refractivity contribution in [1.82, 2.24) is 0 Å². The Morgan fingerprint density at radius 3 is 2.06 bits per heavy atom. The summed E-state index contributed by atoms with van der Waals surface area (Å²) in [5.74, 6) is -2.00. The molecule has 7 rings (SSSR count). The van der Waals surface area contributed by atoms with Crippen LogP contribution in [0.15, 0.2) is 71.2 Å². The fourth-order valence-electron chi connectivity index (χ4n) is 5.71. The highest BCUT2D eigenvalue weighted by atomic mass is 79.9. The number of anilines is 1. The van der Waals surface area contributed by atoms with Gasteiger partial charge < -0.3 is 0 Å². The van der Waals surface area contributed by atoms with Gasteiger partial charge in [-0.1, -0.05) is 64.5 Å². The minimum atomic E-state index is -0.825. The number of hydrogen-bond donors (Lipinski definition) is 0. The zero-order valence-corrected chi connectivity index (χ0v) is 19.5. The van der Waals surface area contributed by atoms with Crippen LogP contribution in [-0.2, 0) is 13.9 Å². The first-order valence-electron chi connectivity index (χ1n) is 10.0. The molecule has 0 radical (unpaired) electrons. The summed E-state index contributed by atoms with van der Waals surface area (Å²) in [5, 5.41) is 11.1. The summed E-state index contributed by atoms with van der Waals surface area (Å²) < 4.78 is -0.494. The number of benzene rings is 3. The lowest BCUT2D eigenvalue weighted by Gasteiger charge is -2.51. The Kier molecular flexibility index (Phi) is 4.08. The largest absolute Gasteiger partial charge is 0.274 e. The maximum atomic E-state index is 13.9. The number of hydrogen-bond acceptors (Lipinski definition) is 4. The highest BCUT2D eigenvalue weighted by molar-refractivity contribution is 9.10. The number of amides is 2. The summed E-state index contributed by atoms with van der Waals surface area (Å²) in [4.78, 5) is 39.5. The van der Waals surface area contributed by atoms with Crippen LogP contribution in [0.2, 0.25) is 0 Å². The normalized spacial score (nSPS) is 27.2. The van der Waals surface area contributed by atoms with Crippen LogP contribution in [0.4, 0.5) is 11.4 Å². The molecule has 3 aromatic carbocycles. The summed E-state index contributed by atoms with van der Waals surface area (Å²) >= 11 is 7.29. The van der Waals surface area contributed by atoms with Gasteiger partial charge in [-0.3, -0.25) is 19.7 Å². The molecule has 32 heavy (non-hydrogen) atoms. The van der Waals surface area contributed by atoms with Crippen molar-refractivity contribution in [3.8, 4) is 0 Å². The van der Waals surface area contributed by atoms with Crippen LogP contribution < -0.4 is 4.90 Å². The smallest absolute Gasteiger partial charge is 0.270 e.